The van der Waals surface area contributed by atoms with Gasteiger partial charge in [0.15, 0.2) is 5.65 Å². The normalized spacial score (nSPS) is 11.8. The van der Waals surface area contributed by atoms with Gasteiger partial charge in [-0.05, 0) is 11.5 Å². The topological polar surface area (TPSA) is 47.3 Å². The summed E-state index contributed by atoms with van der Waals surface area (Å²) in [6.07, 6.45) is 1.41. The van der Waals surface area contributed by atoms with Gasteiger partial charge in [0.05, 0.1) is 5.39 Å². The lowest BCUT2D eigenvalue weighted by Crippen LogP contribution is -2.14. The van der Waals surface area contributed by atoms with E-state index in [1.165, 1.54) is 10.8 Å². The number of hydrogen-bond donors (Lipinski definition) is 0. The van der Waals surface area contributed by atoms with Crippen LogP contribution < -0.4 is 5.56 Å². The van der Waals surface area contributed by atoms with Gasteiger partial charge >= 0.3 is 0 Å². The smallest absolute Gasteiger partial charge is 0.267 e. The minimum Gasteiger partial charge on any atom is -0.267 e. The zero-order valence-corrected chi connectivity index (χ0v) is 8.79. The molecule has 0 aliphatic rings. The van der Waals surface area contributed by atoms with E-state index in [-0.39, 0.29) is 5.56 Å². The molecule has 2 heterocycles. The average molecular weight is 221 g/mol. The van der Waals surface area contributed by atoms with Crippen LogP contribution in [0, 0.1) is 0 Å². The summed E-state index contributed by atoms with van der Waals surface area (Å²) in [6.45, 7) is 0. The van der Waals surface area contributed by atoms with Gasteiger partial charge in [0.1, 0.15) is 6.33 Å². The van der Waals surface area contributed by atoms with Crippen LogP contribution in [0.4, 0.5) is 0 Å². The van der Waals surface area contributed by atoms with Crippen molar-refractivity contribution in [3.05, 3.63) is 53.1 Å². The van der Waals surface area contributed by atoms with Gasteiger partial charge in [-0.1, -0.05) is 30.3 Å². The summed E-state index contributed by atoms with van der Waals surface area (Å²) < 4.78 is 1.36. The van der Waals surface area contributed by atoms with E-state index in [1.807, 2.05) is 36.4 Å². The monoisotopic (exact) mass is 221 g/mol. The molecule has 4 nitrogen and oxygen atoms in total. The van der Waals surface area contributed by atoms with Gasteiger partial charge in [0.2, 0.25) is 0 Å². The molecule has 0 unspecified atom stereocenters. The van der Waals surface area contributed by atoms with Crippen molar-refractivity contribution >= 4 is 27.2 Å². The Labute approximate surface area is 95.5 Å². The molecular formula is C13H7N3O. The molecule has 4 aromatic rings. The third kappa shape index (κ3) is 0.945. The Hall–Kier alpha value is -2.49. The van der Waals surface area contributed by atoms with Gasteiger partial charge in [0.25, 0.3) is 5.56 Å². The lowest BCUT2D eigenvalue weighted by Gasteiger charge is -2.04. The first kappa shape index (κ1) is 8.64. The quantitative estimate of drug-likeness (QED) is 0.455. The molecule has 0 spiro atoms. The van der Waals surface area contributed by atoms with Crippen LogP contribution in [-0.4, -0.2) is 14.6 Å². The van der Waals surface area contributed by atoms with E-state index < -0.39 is 0 Å². The van der Waals surface area contributed by atoms with Gasteiger partial charge in [-0.25, -0.2) is 4.98 Å². The van der Waals surface area contributed by atoms with Crippen LogP contribution in [0.3, 0.4) is 0 Å². The molecular weight excluding hydrogens is 214 g/mol. The van der Waals surface area contributed by atoms with Crippen molar-refractivity contribution in [2.75, 3.05) is 0 Å². The molecule has 0 aliphatic heterocycles. The van der Waals surface area contributed by atoms with Crippen molar-refractivity contribution in [2.24, 2.45) is 0 Å². The van der Waals surface area contributed by atoms with Crippen molar-refractivity contribution in [3.63, 3.8) is 0 Å². The number of fused-ring (bicyclic) bond motifs is 2. The molecule has 0 saturated carbocycles. The lowest BCUT2D eigenvalue weighted by molar-refractivity contribution is 0.934. The molecule has 0 amide bonds. The summed E-state index contributed by atoms with van der Waals surface area (Å²) in [5.41, 5.74) is 0.515. The predicted octanol–water partition coefficient (Wildman–Crippen LogP) is 1.83. The summed E-state index contributed by atoms with van der Waals surface area (Å²) in [6, 6.07) is 11.7. The van der Waals surface area contributed by atoms with Crippen molar-refractivity contribution in [1.82, 2.24) is 14.6 Å². The molecule has 2 aromatic carbocycles. The zero-order chi connectivity index (χ0) is 11.4. The predicted molar refractivity (Wildman–Crippen MR) is 65.5 cm³/mol. The van der Waals surface area contributed by atoms with Crippen molar-refractivity contribution in [3.8, 4) is 0 Å². The van der Waals surface area contributed by atoms with Crippen LogP contribution in [0.2, 0.25) is 0 Å². The molecule has 80 valence electrons. The number of rotatable bonds is 0. The van der Waals surface area contributed by atoms with E-state index >= 15 is 0 Å². The van der Waals surface area contributed by atoms with Crippen molar-refractivity contribution in [2.45, 2.75) is 0 Å². The maximum absolute atomic E-state index is 12.2. The fraction of sp³-hybridized carbons (Fsp3) is 0. The SMILES string of the molecule is O=c1c2cccc3cccc(c32)c2ncnn12. The Morgan fingerprint density at radius 3 is 2.59 bits per heavy atom. The van der Waals surface area contributed by atoms with Crippen molar-refractivity contribution in [1.29, 1.82) is 0 Å². The number of aromatic nitrogens is 3. The standard InChI is InChI=1S/C13H7N3O/c17-13-10-6-2-4-8-3-1-5-9(11(8)10)12-14-7-15-16(12)13/h1-7H. The highest BCUT2D eigenvalue weighted by Gasteiger charge is 2.11. The van der Waals surface area contributed by atoms with E-state index in [9.17, 15) is 4.79 Å². The van der Waals surface area contributed by atoms with Gasteiger partial charge in [0, 0.05) is 10.8 Å². The first-order valence-corrected chi connectivity index (χ1v) is 5.33. The highest BCUT2D eigenvalue weighted by molar-refractivity contribution is 6.13. The molecule has 17 heavy (non-hydrogen) atoms. The van der Waals surface area contributed by atoms with Gasteiger partial charge in [-0.2, -0.15) is 9.61 Å². The Balaban J connectivity index is 2.56. The second-order valence-electron chi connectivity index (χ2n) is 4.01. The molecule has 0 saturated heterocycles. The first-order chi connectivity index (χ1) is 8.36. The molecule has 0 fully saturated rings. The van der Waals surface area contributed by atoms with Crippen LogP contribution in [-0.2, 0) is 0 Å². The zero-order valence-electron chi connectivity index (χ0n) is 8.79. The lowest BCUT2D eigenvalue weighted by atomic mass is 10.0. The fourth-order valence-corrected chi connectivity index (χ4v) is 2.39. The molecule has 0 atom stereocenters. The second-order valence-corrected chi connectivity index (χ2v) is 4.01. The molecule has 0 aliphatic carbocycles. The Bertz CT molecular complexity index is 905. The molecule has 4 rings (SSSR count). The Morgan fingerprint density at radius 1 is 1.00 bits per heavy atom. The van der Waals surface area contributed by atoms with Crippen molar-refractivity contribution < 1.29 is 0 Å². The molecule has 0 N–H and O–H groups in total. The Morgan fingerprint density at radius 2 is 1.76 bits per heavy atom. The van der Waals surface area contributed by atoms with E-state index in [2.05, 4.69) is 10.1 Å². The van der Waals surface area contributed by atoms with Crippen LogP contribution in [0.25, 0.3) is 27.2 Å². The number of hydrogen-bond acceptors (Lipinski definition) is 3. The molecule has 0 bridgehead atoms. The van der Waals surface area contributed by atoms with Crippen LogP contribution in [0.5, 0.6) is 0 Å². The summed E-state index contributed by atoms with van der Waals surface area (Å²) in [7, 11) is 0. The minimum absolute atomic E-state index is 0.109. The van der Waals surface area contributed by atoms with Crippen LogP contribution >= 0.6 is 0 Å². The fourth-order valence-electron chi connectivity index (χ4n) is 2.39. The van der Waals surface area contributed by atoms with Gasteiger partial charge in [-0.15, -0.1) is 0 Å². The maximum atomic E-state index is 12.2. The minimum atomic E-state index is -0.109. The number of benzene rings is 2. The molecule has 2 aromatic heterocycles. The van der Waals surface area contributed by atoms with Gasteiger partial charge in [-0.3, -0.25) is 4.79 Å². The third-order valence-electron chi connectivity index (χ3n) is 3.12. The molecule has 4 heteroatoms. The van der Waals surface area contributed by atoms with Gasteiger partial charge < -0.3 is 0 Å². The number of nitrogens with zero attached hydrogens (tertiary/aromatic N) is 3. The second kappa shape index (κ2) is 2.79. The summed E-state index contributed by atoms with van der Waals surface area (Å²) in [4.78, 5) is 16.4. The Kier molecular flexibility index (Phi) is 1.42. The van der Waals surface area contributed by atoms with E-state index in [4.69, 9.17) is 0 Å². The average Bonchev–Trinajstić information content (AvgIpc) is 2.85. The summed E-state index contributed by atoms with van der Waals surface area (Å²) >= 11 is 0. The third-order valence-corrected chi connectivity index (χ3v) is 3.12. The van der Waals surface area contributed by atoms with Crippen LogP contribution in [0.15, 0.2) is 47.5 Å². The highest BCUT2D eigenvalue weighted by Crippen LogP contribution is 2.26. The maximum Gasteiger partial charge on any atom is 0.280 e. The largest absolute Gasteiger partial charge is 0.280 e. The van der Waals surface area contributed by atoms with E-state index in [0.29, 0.717) is 11.0 Å². The van der Waals surface area contributed by atoms with E-state index in [1.54, 1.807) is 0 Å². The first-order valence-electron chi connectivity index (χ1n) is 5.33. The number of pyridine rings is 1. The van der Waals surface area contributed by atoms with Crippen LogP contribution in [0.1, 0.15) is 0 Å². The molecule has 0 radical (unpaired) electrons. The summed E-state index contributed by atoms with van der Waals surface area (Å²) in [5.74, 6) is 0. The highest BCUT2D eigenvalue weighted by atomic mass is 16.1. The van der Waals surface area contributed by atoms with E-state index in [0.717, 1.165) is 16.2 Å². The summed E-state index contributed by atoms with van der Waals surface area (Å²) in [5, 5.41) is 7.67.